The van der Waals surface area contributed by atoms with Crippen molar-refractivity contribution >= 4 is 18.1 Å². The van der Waals surface area contributed by atoms with Crippen LogP contribution < -0.4 is 0 Å². The number of hydrogen-bond acceptors (Lipinski definition) is 4. The summed E-state index contributed by atoms with van der Waals surface area (Å²) < 4.78 is 5.13. The topological polar surface area (TPSA) is 66.8 Å². The lowest BCUT2D eigenvalue weighted by Crippen LogP contribution is -2.45. The Morgan fingerprint density at radius 2 is 1.79 bits per heavy atom. The first-order valence-corrected chi connectivity index (χ1v) is 9.42. The maximum absolute atomic E-state index is 13.0. The van der Waals surface area contributed by atoms with Gasteiger partial charge < -0.3 is 9.84 Å². The number of aliphatic hydroxyl groups excluding tert-OH is 1. The molecule has 0 aromatic heterocycles. The molecule has 1 saturated heterocycles. The Morgan fingerprint density at radius 3 is 2.43 bits per heavy atom. The van der Waals surface area contributed by atoms with Gasteiger partial charge in [0.25, 0.3) is 0 Å². The van der Waals surface area contributed by atoms with E-state index in [1.54, 1.807) is 13.8 Å². The summed E-state index contributed by atoms with van der Waals surface area (Å²) in [6.07, 6.45) is 0.742. The van der Waals surface area contributed by atoms with E-state index in [0.717, 1.165) is 16.0 Å². The summed E-state index contributed by atoms with van der Waals surface area (Å²) in [6.45, 7) is 3.59. The van der Waals surface area contributed by atoms with Gasteiger partial charge in [-0.05, 0) is 30.0 Å². The largest absolute Gasteiger partial charge is 0.447 e. The summed E-state index contributed by atoms with van der Waals surface area (Å²) >= 11 is 0. The number of ether oxygens (including phenoxy) is 1. The van der Waals surface area contributed by atoms with Gasteiger partial charge in [-0.1, -0.05) is 73.7 Å². The van der Waals surface area contributed by atoms with Gasteiger partial charge in [0.05, 0.1) is 18.1 Å². The highest BCUT2D eigenvalue weighted by Gasteiger charge is 2.41. The number of amides is 2. The monoisotopic (exact) mass is 379 g/mol. The summed E-state index contributed by atoms with van der Waals surface area (Å²) in [6, 6.07) is 18.9. The van der Waals surface area contributed by atoms with Gasteiger partial charge in [0.15, 0.2) is 0 Å². The van der Waals surface area contributed by atoms with Gasteiger partial charge in [-0.3, -0.25) is 4.79 Å². The highest BCUT2D eigenvalue weighted by molar-refractivity contribution is 5.95. The third-order valence-electron chi connectivity index (χ3n) is 5.04. The molecular formula is C23H25NO4. The fourth-order valence-corrected chi connectivity index (χ4v) is 3.41. The molecule has 0 aliphatic carbocycles. The maximum atomic E-state index is 13.0. The van der Waals surface area contributed by atoms with Crippen molar-refractivity contribution in [2.75, 3.05) is 6.61 Å². The number of benzene rings is 2. The van der Waals surface area contributed by atoms with Crippen LogP contribution in [0.2, 0.25) is 0 Å². The molecule has 3 rings (SSSR count). The van der Waals surface area contributed by atoms with Crippen LogP contribution in [0.15, 0.2) is 66.2 Å². The first-order valence-electron chi connectivity index (χ1n) is 9.42. The van der Waals surface area contributed by atoms with Gasteiger partial charge in [-0.25, -0.2) is 9.69 Å². The summed E-state index contributed by atoms with van der Waals surface area (Å²) in [7, 11) is 0. The number of nitrogens with zero attached hydrogens (tertiary/aromatic N) is 1. The second-order valence-electron chi connectivity index (χ2n) is 7.16. The fraction of sp³-hybridized carbons (Fsp3) is 0.304. The van der Waals surface area contributed by atoms with E-state index >= 15 is 0 Å². The zero-order chi connectivity index (χ0) is 20.1. The van der Waals surface area contributed by atoms with E-state index in [1.807, 2.05) is 66.7 Å². The standard InChI is InChI=1S/C23H25NO4/c1-16(13-18-9-5-3-6-10-18)21(25)17(2)22(26)24-20(15-28-23(24)27)14-19-11-7-4-8-12-19/h3-13,17,20-21,25H,14-15H2,1-2H3/b16-13+/t17-,20+,21-/m1/s1. The Morgan fingerprint density at radius 1 is 1.18 bits per heavy atom. The smallest absolute Gasteiger partial charge is 0.416 e. The number of carbonyl (C=O) groups is 2. The van der Waals surface area contributed by atoms with E-state index in [4.69, 9.17) is 4.74 Å². The summed E-state index contributed by atoms with van der Waals surface area (Å²) in [5.74, 6) is -1.18. The van der Waals surface area contributed by atoms with E-state index < -0.39 is 24.0 Å². The predicted octanol–water partition coefficient (Wildman–Crippen LogP) is 3.68. The van der Waals surface area contributed by atoms with Gasteiger partial charge in [0, 0.05) is 0 Å². The molecule has 5 heteroatoms. The minimum atomic E-state index is -0.988. The highest BCUT2D eigenvalue weighted by atomic mass is 16.6. The molecule has 0 radical (unpaired) electrons. The van der Waals surface area contributed by atoms with Gasteiger partial charge in [-0.2, -0.15) is 0 Å². The molecule has 1 aliphatic rings. The highest BCUT2D eigenvalue weighted by Crippen LogP contribution is 2.24. The van der Waals surface area contributed by atoms with Gasteiger partial charge in [-0.15, -0.1) is 0 Å². The van der Waals surface area contributed by atoms with Crippen molar-refractivity contribution in [2.24, 2.45) is 5.92 Å². The first-order chi connectivity index (χ1) is 13.5. The summed E-state index contributed by atoms with van der Waals surface area (Å²) in [5.41, 5.74) is 2.64. The van der Waals surface area contributed by atoms with Crippen LogP contribution in [0.5, 0.6) is 0 Å². The number of cyclic esters (lactones) is 1. The number of carbonyl (C=O) groups excluding carboxylic acids is 2. The second-order valence-corrected chi connectivity index (χ2v) is 7.16. The average molecular weight is 379 g/mol. The van der Waals surface area contributed by atoms with Crippen LogP contribution in [0, 0.1) is 5.92 Å². The van der Waals surface area contributed by atoms with Crippen molar-refractivity contribution in [3.63, 3.8) is 0 Å². The second kappa shape index (κ2) is 8.85. The molecule has 0 bridgehead atoms. The molecule has 1 N–H and O–H groups in total. The Hall–Kier alpha value is -2.92. The zero-order valence-electron chi connectivity index (χ0n) is 16.1. The molecule has 0 unspecified atom stereocenters. The van der Waals surface area contributed by atoms with Crippen LogP contribution in [0.1, 0.15) is 25.0 Å². The Balaban J connectivity index is 1.73. The molecule has 1 aliphatic heterocycles. The molecule has 1 heterocycles. The minimum absolute atomic E-state index is 0.168. The van der Waals surface area contributed by atoms with E-state index in [2.05, 4.69) is 0 Å². The lowest BCUT2D eigenvalue weighted by atomic mass is 9.94. The predicted molar refractivity (Wildman–Crippen MR) is 107 cm³/mol. The average Bonchev–Trinajstić information content (AvgIpc) is 3.07. The van der Waals surface area contributed by atoms with E-state index in [-0.39, 0.29) is 12.6 Å². The Labute approximate surface area is 165 Å². The molecule has 5 nitrogen and oxygen atoms in total. The van der Waals surface area contributed by atoms with Crippen LogP contribution in [-0.4, -0.2) is 40.8 Å². The minimum Gasteiger partial charge on any atom is -0.447 e. The number of aliphatic hydroxyl groups is 1. The Kier molecular flexibility index (Phi) is 6.26. The van der Waals surface area contributed by atoms with Crippen LogP contribution in [0.3, 0.4) is 0 Å². The fourth-order valence-electron chi connectivity index (χ4n) is 3.41. The SMILES string of the molecule is C/C(=C\c1ccccc1)[C@@H](O)[C@@H](C)C(=O)N1C(=O)OC[C@@H]1Cc1ccccc1. The number of hydrogen-bond donors (Lipinski definition) is 1. The van der Waals surface area contributed by atoms with E-state index in [1.165, 1.54) is 0 Å². The number of rotatable bonds is 6. The summed E-state index contributed by atoms with van der Waals surface area (Å²) in [4.78, 5) is 26.3. The van der Waals surface area contributed by atoms with Crippen molar-refractivity contribution in [2.45, 2.75) is 32.4 Å². The number of imide groups is 1. The zero-order valence-corrected chi connectivity index (χ0v) is 16.1. The van der Waals surface area contributed by atoms with Crippen LogP contribution >= 0.6 is 0 Å². The quantitative estimate of drug-likeness (QED) is 0.831. The third-order valence-corrected chi connectivity index (χ3v) is 5.04. The van der Waals surface area contributed by atoms with E-state index in [9.17, 15) is 14.7 Å². The van der Waals surface area contributed by atoms with Crippen LogP contribution in [-0.2, 0) is 16.0 Å². The normalized spacial score (nSPS) is 19.2. The van der Waals surface area contributed by atoms with Gasteiger partial charge in [0.2, 0.25) is 5.91 Å². The van der Waals surface area contributed by atoms with Crippen molar-refractivity contribution in [3.05, 3.63) is 77.4 Å². The molecule has 0 saturated carbocycles. The van der Waals surface area contributed by atoms with Gasteiger partial charge in [0.1, 0.15) is 6.61 Å². The first kappa shape index (κ1) is 19.8. The molecule has 2 aromatic rings. The molecular weight excluding hydrogens is 354 g/mol. The molecule has 28 heavy (non-hydrogen) atoms. The van der Waals surface area contributed by atoms with Crippen molar-refractivity contribution in [3.8, 4) is 0 Å². The maximum Gasteiger partial charge on any atom is 0.416 e. The third kappa shape index (κ3) is 4.49. The van der Waals surface area contributed by atoms with Crippen molar-refractivity contribution in [1.82, 2.24) is 4.90 Å². The van der Waals surface area contributed by atoms with Crippen molar-refractivity contribution < 1.29 is 19.4 Å². The molecule has 1 fully saturated rings. The van der Waals surface area contributed by atoms with Crippen LogP contribution in [0.4, 0.5) is 4.79 Å². The molecule has 2 aromatic carbocycles. The van der Waals surface area contributed by atoms with Gasteiger partial charge >= 0.3 is 6.09 Å². The van der Waals surface area contributed by atoms with Crippen molar-refractivity contribution in [1.29, 1.82) is 0 Å². The molecule has 0 spiro atoms. The Bertz CT molecular complexity index is 847. The molecule has 3 atom stereocenters. The molecule has 2 amide bonds. The summed E-state index contributed by atoms with van der Waals surface area (Å²) in [5, 5.41) is 10.7. The van der Waals surface area contributed by atoms with E-state index in [0.29, 0.717) is 12.0 Å². The lowest BCUT2D eigenvalue weighted by molar-refractivity contribution is -0.135. The lowest BCUT2D eigenvalue weighted by Gasteiger charge is -2.26. The van der Waals surface area contributed by atoms with Crippen LogP contribution in [0.25, 0.3) is 6.08 Å². The molecule has 146 valence electrons.